The van der Waals surface area contributed by atoms with Gasteiger partial charge in [-0.1, -0.05) is 24.3 Å². The monoisotopic (exact) mass is 457 g/mol. The van der Waals surface area contributed by atoms with Gasteiger partial charge in [0.25, 0.3) is 5.91 Å². The third-order valence-corrected chi connectivity index (χ3v) is 5.82. The number of rotatable bonds is 3. The van der Waals surface area contributed by atoms with E-state index in [0.717, 1.165) is 21.2 Å². The SMILES string of the molecule is COc1ccc(C2NC(=O)NC3=C2CCN(C(=O)CO)c2ccccc23)cc1Br. The number of para-hydroxylation sites is 1. The minimum Gasteiger partial charge on any atom is -0.496 e. The number of anilines is 1. The highest BCUT2D eigenvalue weighted by Gasteiger charge is 2.34. The van der Waals surface area contributed by atoms with Crippen molar-refractivity contribution in [2.45, 2.75) is 12.5 Å². The molecule has 2 heterocycles. The molecule has 1 atom stereocenters. The summed E-state index contributed by atoms with van der Waals surface area (Å²) >= 11 is 3.51. The lowest BCUT2D eigenvalue weighted by Crippen LogP contribution is -2.43. The van der Waals surface area contributed by atoms with Crippen LogP contribution in [0.2, 0.25) is 0 Å². The van der Waals surface area contributed by atoms with E-state index >= 15 is 0 Å². The van der Waals surface area contributed by atoms with Gasteiger partial charge in [0.2, 0.25) is 0 Å². The molecule has 0 radical (unpaired) electrons. The van der Waals surface area contributed by atoms with Crippen LogP contribution in [0.1, 0.15) is 23.6 Å². The number of carbonyl (C=O) groups excluding carboxylic acids is 2. The fourth-order valence-electron chi connectivity index (χ4n) is 3.87. The van der Waals surface area contributed by atoms with Crippen molar-refractivity contribution in [3.63, 3.8) is 0 Å². The number of aliphatic hydroxyl groups excluding tert-OH is 1. The number of aliphatic hydroxyl groups is 1. The standard InChI is InChI=1S/C21H20BrN3O4/c1-29-17-7-6-12(10-15(17)22)19-14-8-9-25(18(27)11-26)16-5-3-2-4-13(16)20(14)24-21(28)23-19/h2-7,10,19,26H,8-9,11H2,1H3,(H2,23,24,28). The topological polar surface area (TPSA) is 90.9 Å². The molecule has 0 spiro atoms. The molecule has 7 nitrogen and oxygen atoms in total. The van der Waals surface area contributed by atoms with Crippen LogP contribution < -0.4 is 20.3 Å². The molecule has 1 unspecified atom stereocenters. The van der Waals surface area contributed by atoms with E-state index in [1.165, 1.54) is 0 Å². The van der Waals surface area contributed by atoms with Gasteiger partial charge in [-0.25, -0.2) is 4.79 Å². The Morgan fingerprint density at radius 1 is 1.31 bits per heavy atom. The first-order chi connectivity index (χ1) is 14.0. The number of amides is 3. The van der Waals surface area contributed by atoms with Crippen LogP contribution in [0.5, 0.6) is 5.75 Å². The summed E-state index contributed by atoms with van der Waals surface area (Å²) in [6.45, 7) is -0.168. The number of carbonyl (C=O) groups is 2. The normalized spacial score (nSPS) is 18.2. The molecule has 8 heteroatoms. The number of urea groups is 1. The molecule has 2 aromatic rings. The maximum atomic E-state index is 12.5. The van der Waals surface area contributed by atoms with Crippen molar-refractivity contribution in [3.8, 4) is 5.75 Å². The zero-order valence-corrected chi connectivity index (χ0v) is 17.3. The number of fused-ring (bicyclic) bond motifs is 2. The molecule has 3 amide bonds. The number of benzene rings is 2. The first-order valence-electron chi connectivity index (χ1n) is 9.18. The molecule has 0 aromatic heterocycles. The Morgan fingerprint density at radius 3 is 2.83 bits per heavy atom. The molecule has 2 aliphatic heterocycles. The molecule has 2 aliphatic rings. The number of nitrogens with one attached hydrogen (secondary N) is 2. The van der Waals surface area contributed by atoms with Crippen molar-refractivity contribution in [2.24, 2.45) is 0 Å². The van der Waals surface area contributed by atoms with Crippen molar-refractivity contribution in [1.82, 2.24) is 10.6 Å². The van der Waals surface area contributed by atoms with Crippen LogP contribution in [0.3, 0.4) is 0 Å². The number of hydrogen-bond donors (Lipinski definition) is 3. The van der Waals surface area contributed by atoms with Crippen LogP contribution in [-0.4, -0.2) is 37.3 Å². The van der Waals surface area contributed by atoms with Crippen LogP contribution >= 0.6 is 15.9 Å². The Bertz CT molecular complexity index is 1020. The van der Waals surface area contributed by atoms with Gasteiger partial charge in [0.05, 0.1) is 29.0 Å². The van der Waals surface area contributed by atoms with E-state index in [0.29, 0.717) is 30.1 Å². The van der Waals surface area contributed by atoms with E-state index in [2.05, 4.69) is 26.6 Å². The molecule has 150 valence electrons. The molecule has 2 aromatic carbocycles. The predicted octanol–water partition coefficient (Wildman–Crippen LogP) is 2.95. The van der Waals surface area contributed by atoms with Gasteiger partial charge in [0.15, 0.2) is 0 Å². The average Bonchev–Trinajstić information content (AvgIpc) is 2.90. The average molecular weight is 458 g/mol. The third-order valence-electron chi connectivity index (χ3n) is 5.20. The Labute approximate surface area is 176 Å². The van der Waals surface area contributed by atoms with Gasteiger partial charge in [-0.05, 0) is 51.7 Å². The predicted molar refractivity (Wildman–Crippen MR) is 113 cm³/mol. The van der Waals surface area contributed by atoms with Gasteiger partial charge in [-0.15, -0.1) is 0 Å². The Kier molecular flexibility index (Phi) is 5.29. The highest BCUT2D eigenvalue weighted by Crippen LogP contribution is 2.40. The van der Waals surface area contributed by atoms with Gasteiger partial charge in [0.1, 0.15) is 12.4 Å². The number of nitrogens with zero attached hydrogens (tertiary/aromatic N) is 1. The zero-order valence-electron chi connectivity index (χ0n) is 15.7. The number of hydrogen-bond acceptors (Lipinski definition) is 4. The molecular weight excluding hydrogens is 438 g/mol. The van der Waals surface area contributed by atoms with Gasteiger partial charge < -0.3 is 25.4 Å². The summed E-state index contributed by atoms with van der Waals surface area (Å²) in [6, 6.07) is 12.4. The Morgan fingerprint density at radius 2 is 2.10 bits per heavy atom. The van der Waals surface area contributed by atoms with Gasteiger partial charge in [-0.3, -0.25) is 4.79 Å². The summed E-state index contributed by atoms with van der Waals surface area (Å²) in [5.74, 6) is 0.328. The van der Waals surface area contributed by atoms with Crippen molar-refractivity contribution in [3.05, 3.63) is 63.6 Å². The second-order valence-corrected chi connectivity index (χ2v) is 7.65. The molecule has 0 saturated carbocycles. The number of methoxy groups -OCH3 is 1. The summed E-state index contributed by atoms with van der Waals surface area (Å²) in [7, 11) is 1.60. The van der Waals surface area contributed by atoms with E-state index in [1.807, 2.05) is 42.5 Å². The summed E-state index contributed by atoms with van der Waals surface area (Å²) < 4.78 is 6.10. The second kappa shape index (κ2) is 7.88. The van der Waals surface area contributed by atoms with E-state index in [1.54, 1.807) is 12.0 Å². The highest BCUT2D eigenvalue weighted by molar-refractivity contribution is 9.10. The second-order valence-electron chi connectivity index (χ2n) is 6.80. The molecule has 4 rings (SSSR count). The maximum Gasteiger partial charge on any atom is 0.320 e. The van der Waals surface area contributed by atoms with Crippen molar-refractivity contribution >= 4 is 39.3 Å². The van der Waals surface area contributed by atoms with E-state index in [4.69, 9.17) is 4.74 Å². The molecule has 0 saturated heterocycles. The fraction of sp³-hybridized carbons (Fsp3) is 0.238. The molecule has 0 aliphatic carbocycles. The van der Waals surface area contributed by atoms with E-state index < -0.39 is 6.61 Å². The number of ether oxygens (including phenoxy) is 1. The first-order valence-corrected chi connectivity index (χ1v) is 9.97. The van der Waals surface area contributed by atoms with Crippen molar-refractivity contribution in [2.75, 3.05) is 25.2 Å². The van der Waals surface area contributed by atoms with Gasteiger partial charge in [0, 0.05) is 12.1 Å². The summed E-state index contributed by atoms with van der Waals surface area (Å²) in [5.41, 5.74) is 4.01. The molecule has 0 fully saturated rings. The maximum absolute atomic E-state index is 12.5. The first kappa shape index (κ1) is 19.5. The summed E-state index contributed by atoms with van der Waals surface area (Å²) in [6.07, 6.45) is 0.539. The van der Waals surface area contributed by atoms with Crippen molar-refractivity contribution < 1.29 is 19.4 Å². The van der Waals surface area contributed by atoms with Crippen molar-refractivity contribution in [1.29, 1.82) is 0 Å². The van der Waals surface area contributed by atoms with Gasteiger partial charge >= 0.3 is 6.03 Å². The minimum atomic E-state index is -0.571. The minimum absolute atomic E-state index is 0.308. The van der Waals surface area contributed by atoms with E-state index in [9.17, 15) is 14.7 Å². The molecule has 29 heavy (non-hydrogen) atoms. The number of halogens is 1. The molecule has 0 bridgehead atoms. The molecular formula is C21H20BrN3O4. The summed E-state index contributed by atoms with van der Waals surface area (Å²) in [5, 5.41) is 15.3. The van der Waals surface area contributed by atoms with E-state index in [-0.39, 0.29) is 18.0 Å². The van der Waals surface area contributed by atoms with Crippen LogP contribution in [0.25, 0.3) is 5.70 Å². The largest absolute Gasteiger partial charge is 0.496 e. The summed E-state index contributed by atoms with van der Waals surface area (Å²) in [4.78, 5) is 26.4. The Hall–Kier alpha value is -2.84. The fourth-order valence-corrected chi connectivity index (χ4v) is 4.42. The lowest BCUT2D eigenvalue weighted by Gasteiger charge is -2.30. The highest BCUT2D eigenvalue weighted by atomic mass is 79.9. The Balaban J connectivity index is 1.84. The van der Waals surface area contributed by atoms with Crippen LogP contribution in [-0.2, 0) is 4.79 Å². The van der Waals surface area contributed by atoms with Crippen LogP contribution in [0, 0.1) is 0 Å². The lowest BCUT2D eigenvalue weighted by molar-refractivity contribution is -0.121. The molecule has 3 N–H and O–H groups in total. The van der Waals surface area contributed by atoms with Gasteiger partial charge in [-0.2, -0.15) is 0 Å². The van der Waals surface area contributed by atoms with Crippen LogP contribution in [0.4, 0.5) is 10.5 Å². The lowest BCUT2D eigenvalue weighted by atomic mass is 9.91. The quantitative estimate of drug-likeness (QED) is 0.660. The zero-order chi connectivity index (χ0) is 20.5. The van der Waals surface area contributed by atoms with Crippen LogP contribution in [0.15, 0.2) is 52.5 Å². The third kappa shape index (κ3) is 3.49. The smallest absolute Gasteiger partial charge is 0.320 e.